The lowest BCUT2D eigenvalue weighted by atomic mass is 10.0. The van der Waals surface area contributed by atoms with Crippen LogP contribution in [0.3, 0.4) is 0 Å². The fourth-order valence-corrected chi connectivity index (χ4v) is 3.96. The molecule has 1 aromatic carbocycles. The van der Waals surface area contributed by atoms with Gasteiger partial charge in [0.05, 0.1) is 5.69 Å². The first-order chi connectivity index (χ1) is 12.6. The van der Waals surface area contributed by atoms with Crippen LogP contribution in [0.25, 0.3) is 11.3 Å². The van der Waals surface area contributed by atoms with Gasteiger partial charge in [0.2, 0.25) is 0 Å². The van der Waals surface area contributed by atoms with E-state index in [2.05, 4.69) is 15.5 Å². The summed E-state index contributed by atoms with van der Waals surface area (Å²) in [6.07, 6.45) is 2.51. The molecule has 1 aromatic heterocycles. The van der Waals surface area contributed by atoms with Crippen molar-refractivity contribution >= 4 is 11.8 Å². The molecular weight excluding hydrogens is 328 g/mol. The molecular formula is C20H24N4O2. The molecule has 0 unspecified atom stereocenters. The third-order valence-electron chi connectivity index (χ3n) is 5.32. The summed E-state index contributed by atoms with van der Waals surface area (Å²) in [5.74, 6) is -0.142. The zero-order valence-corrected chi connectivity index (χ0v) is 15.0. The number of rotatable bonds is 4. The maximum Gasteiger partial charge on any atom is 0.267 e. The van der Waals surface area contributed by atoms with Gasteiger partial charge in [-0.2, -0.15) is 0 Å². The van der Waals surface area contributed by atoms with Crippen LogP contribution < -0.4 is 10.6 Å². The smallest absolute Gasteiger partial charge is 0.267 e. The van der Waals surface area contributed by atoms with Crippen LogP contribution in [0.4, 0.5) is 0 Å². The Bertz CT molecular complexity index is 849. The highest BCUT2D eigenvalue weighted by Gasteiger charge is 2.25. The van der Waals surface area contributed by atoms with Crippen LogP contribution in [0.5, 0.6) is 0 Å². The maximum atomic E-state index is 12.7. The van der Waals surface area contributed by atoms with E-state index in [0.717, 1.165) is 36.5 Å². The van der Waals surface area contributed by atoms with E-state index in [1.807, 2.05) is 41.9 Å². The van der Waals surface area contributed by atoms with Crippen LogP contribution in [0.15, 0.2) is 30.3 Å². The summed E-state index contributed by atoms with van der Waals surface area (Å²) in [5, 5.41) is 5.96. The molecule has 26 heavy (non-hydrogen) atoms. The fraction of sp³-hybridized carbons (Fsp3) is 0.400. The molecule has 6 heteroatoms. The number of hydrogen-bond acceptors (Lipinski definition) is 3. The van der Waals surface area contributed by atoms with Crippen molar-refractivity contribution in [3.8, 4) is 11.3 Å². The zero-order chi connectivity index (χ0) is 18.1. The van der Waals surface area contributed by atoms with E-state index in [-0.39, 0.29) is 11.8 Å². The van der Waals surface area contributed by atoms with E-state index < -0.39 is 0 Å². The summed E-state index contributed by atoms with van der Waals surface area (Å²) in [6.45, 7) is 4.24. The molecule has 2 aliphatic rings. The molecule has 1 fully saturated rings. The van der Waals surface area contributed by atoms with E-state index in [4.69, 9.17) is 0 Å². The number of nitrogens with one attached hydrogen (secondary N) is 2. The Labute approximate surface area is 153 Å². The first-order valence-electron chi connectivity index (χ1n) is 9.22. The second-order valence-electron chi connectivity index (χ2n) is 7.00. The summed E-state index contributed by atoms with van der Waals surface area (Å²) in [7, 11) is 1.89. The van der Waals surface area contributed by atoms with Gasteiger partial charge in [-0.15, -0.1) is 0 Å². The Kier molecular flexibility index (Phi) is 4.51. The first-order valence-corrected chi connectivity index (χ1v) is 9.22. The van der Waals surface area contributed by atoms with Crippen molar-refractivity contribution < 1.29 is 9.59 Å². The van der Waals surface area contributed by atoms with Crippen LogP contribution in [0.2, 0.25) is 0 Å². The number of fused-ring (bicyclic) bond motifs is 3. The molecule has 2 aromatic rings. The van der Waals surface area contributed by atoms with Crippen LogP contribution in [0, 0.1) is 0 Å². The SMILES string of the molecule is Cn1c(C(=O)NCCN2CCCC2)cc2c1-c1ccccc1C(=O)NC2. The molecule has 2 aliphatic heterocycles. The van der Waals surface area contributed by atoms with Gasteiger partial charge >= 0.3 is 0 Å². The third kappa shape index (κ3) is 3.01. The molecule has 1 saturated heterocycles. The van der Waals surface area contributed by atoms with Crippen LogP contribution in [-0.4, -0.2) is 47.5 Å². The van der Waals surface area contributed by atoms with Crippen LogP contribution in [-0.2, 0) is 13.6 Å². The Balaban J connectivity index is 1.57. The van der Waals surface area contributed by atoms with Gasteiger partial charge in [-0.3, -0.25) is 9.59 Å². The lowest BCUT2D eigenvalue weighted by Crippen LogP contribution is -2.34. The molecule has 3 heterocycles. The highest BCUT2D eigenvalue weighted by Crippen LogP contribution is 2.31. The lowest BCUT2D eigenvalue weighted by Gasteiger charge is -2.15. The average molecular weight is 352 g/mol. The highest BCUT2D eigenvalue weighted by molar-refractivity contribution is 6.03. The normalized spacial score (nSPS) is 16.6. The molecule has 0 aliphatic carbocycles. The van der Waals surface area contributed by atoms with Gasteiger partial charge in [0, 0.05) is 37.8 Å². The Morgan fingerprint density at radius 3 is 2.69 bits per heavy atom. The summed E-state index contributed by atoms with van der Waals surface area (Å²) < 4.78 is 1.90. The number of benzene rings is 1. The van der Waals surface area contributed by atoms with Crippen LogP contribution >= 0.6 is 0 Å². The molecule has 2 amide bonds. The topological polar surface area (TPSA) is 66.4 Å². The minimum absolute atomic E-state index is 0.0661. The molecule has 0 spiro atoms. The third-order valence-corrected chi connectivity index (χ3v) is 5.32. The number of hydrogen-bond donors (Lipinski definition) is 2. The predicted molar refractivity (Wildman–Crippen MR) is 100 cm³/mol. The van der Waals surface area contributed by atoms with Gasteiger partial charge in [0.25, 0.3) is 11.8 Å². The highest BCUT2D eigenvalue weighted by atomic mass is 16.2. The van der Waals surface area contributed by atoms with Crippen molar-refractivity contribution in [1.29, 1.82) is 0 Å². The molecule has 0 atom stereocenters. The van der Waals surface area contributed by atoms with Gasteiger partial charge < -0.3 is 20.1 Å². The van der Waals surface area contributed by atoms with E-state index in [1.54, 1.807) is 0 Å². The van der Waals surface area contributed by atoms with E-state index in [0.29, 0.717) is 24.3 Å². The second kappa shape index (κ2) is 6.96. The van der Waals surface area contributed by atoms with Crippen molar-refractivity contribution in [2.75, 3.05) is 26.2 Å². The summed E-state index contributed by atoms with van der Waals surface area (Å²) in [5.41, 5.74) is 4.05. The van der Waals surface area contributed by atoms with Crippen molar-refractivity contribution in [1.82, 2.24) is 20.1 Å². The minimum atomic E-state index is -0.0755. The molecule has 0 saturated carbocycles. The van der Waals surface area contributed by atoms with Gasteiger partial charge in [-0.25, -0.2) is 0 Å². The lowest BCUT2D eigenvalue weighted by molar-refractivity contribution is 0.0939. The van der Waals surface area contributed by atoms with E-state index in [9.17, 15) is 9.59 Å². The zero-order valence-electron chi connectivity index (χ0n) is 15.0. The fourth-order valence-electron chi connectivity index (χ4n) is 3.96. The molecule has 6 nitrogen and oxygen atoms in total. The predicted octanol–water partition coefficient (Wildman–Crippen LogP) is 1.76. The monoisotopic (exact) mass is 352 g/mol. The van der Waals surface area contributed by atoms with Crippen LogP contribution in [0.1, 0.15) is 39.3 Å². The van der Waals surface area contributed by atoms with Crippen molar-refractivity contribution in [2.45, 2.75) is 19.4 Å². The minimum Gasteiger partial charge on any atom is -0.349 e. The van der Waals surface area contributed by atoms with Crippen molar-refractivity contribution in [3.63, 3.8) is 0 Å². The molecule has 2 N–H and O–H groups in total. The first kappa shape index (κ1) is 16.8. The van der Waals surface area contributed by atoms with E-state index in [1.165, 1.54) is 12.8 Å². The number of amides is 2. The number of nitrogens with zero attached hydrogens (tertiary/aromatic N) is 2. The quantitative estimate of drug-likeness (QED) is 0.881. The average Bonchev–Trinajstić information content (AvgIpc) is 3.24. The second-order valence-corrected chi connectivity index (χ2v) is 7.00. The Hall–Kier alpha value is -2.60. The molecule has 0 radical (unpaired) electrons. The van der Waals surface area contributed by atoms with Gasteiger partial charge in [-0.05, 0) is 43.6 Å². The summed E-state index contributed by atoms with van der Waals surface area (Å²) in [4.78, 5) is 27.3. The van der Waals surface area contributed by atoms with Gasteiger partial charge in [0.1, 0.15) is 5.69 Å². The van der Waals surface area contributed by atoms with Crippen molar-refractivity contribution in [3.05, 3.63) is 47.2 Å². The molecule has 136 valence electrons. The van der Waals surface area contributed by atoms with E-state index >= 15 is 0 Å². The molecule has 0 bridgehead atoms. The number of carbonyl (C=O) groups is 2. The maximum absolute atomic E-state index is 12.7. The Morgan fingerprint density at radius 2 is 1.92 bits per heavy atom. The number of carbonyl (C=O) groups excluding carboxylic acids is 2. The number of aromatic nitrogens is 1. The van der Waals surface area contributed by atoms with Crippen molar-refractivity contribution in [2.24, 2.45) is 7.05 Å². The van der Waals surface area contributed by atoms with Gasteiger partial charge in [-0.1, -0.05) is 18.2 Å². The largest absolute Gasteiger partial charge is 0.349 e. The molecule has 4 rings (SSSR count). The number of likely N-dealkylation sites (tertiary alicyclic amines) is 1. The van der Waals surface area contributed by atoms with Gasteiger partial charge in [0.15, 0.2) is 0 Å². The summed E-state index contributed by atoms with van der Waals surface area (Å²) >= 11 is 0. The Morgan fingerprint density at radius 1 is 1.19 bits per heavy atom. The standard InChI is InChI=1S/C20H24N4O2/c1-23-17(20(26)21-8-11-24-9-4-5-10-24)12-14-13-22-19(25)16-7-3-2-6-15(16)18(14)23/h2-3,6-7,12H,4-5,8-11,13H2,1H3,(H,21,26)(H,22,25). The summed E-state index contributed by atoms with van der Waals surface area (Å²) in [6, 6.07) is 9.43.